The summed E-state index contributed by atoms with van der Waals surface area (Å²) in [6.07, 6.45) is 10.2. The minimum Gasteiger partial charge on any atom is -0.318 e. The summed E-state index contributed by atoms with van der Waals surface area (Å²) >= 11 is 1.41. The van der Waals surface area contributed by atoms with E-state index in [4.69, 9.17) is 5.41 Å². The normalized spacial score (nSPS) is 20.1. The number of amidine groups is 2. The molecule has 0 bridgehead atoms. The molecular formula is C26H28FN5OS. The Morgan fingerprint density at radius 2 is 1.91 bits per heavy atom. The fraction of sp³-hybridized carbons (Fsp3) is 0.385. The molecule has 1 aromatic carbocycles. The molecule has 2 aromatic rings. The van der Waals surface area contributed by atoms with Crippen LogP contribution < -0.4 is 0 Å². The molecule has 1 aromatic heterocycles. The van der Waals surface area contributed by atoms with Gasteiger partial charge >= 0.3 is 0 Å². The van der Waals surface area contributed by atoms with Crippen molar-refractivity contribution in [3.05, 3.63) is 58.7 Å². The van der Waals surface area contributed by atoms with Crippen LogP contribution in [-0.4, -0.2) is 31.5 Å². The maximum Gasteiger partial charge on any atom is 0.283 e. The van der Waals surface area contributed by atoms with Crippen LogP contribution in [0.3, 0.4) is 0 Å². The third-order valence-electron chi connectivity index (χ3n) is 6.84. The van der Waals surface area contributed by atoms with Gasteiger partial charge in [0.1, 0.15) is 10.9 Å². The minimum atomic E-state index is -0.418. The van der Waals surface area contributed by atoms with Crippen LogP contribution in [0.15, 0.2) is 46.0 Å². The van der Waals surface area contributed by atoms with Crippen molar-refractivity contribution in [2.24, 2.45) is 16.0 Å². The molecule has 1 fully saturated rings. The van der Waals surface area contributed by atoms with Crippen molar-refractivity contribution in [2.45, 2.75) is 58.8 Å². The van der Waals surface area contributed by atoms with E-state index in [9.17, 15) is 9.18 Å². The first-order chi connectivity index (χ1) is 16.4. The Hall–Kier alpha value is -3.00. The molecule has 34 heavy (non-hydrogen) atoms. The number of aliphatic imine (C=N–C) groups is 1. The number of aromatic nitrogens is 1. The van der Waals surface area contributed by atoms with Gasteiger partial charge in [-0.1, -0.05) is 32.1 Å². The van der Waals surface area contributed by atoms with Crippen LogP contribution in [0.5, 0.6) is 0 Å². The van der Waals surface area contributed by atoms with Crippen LogP contribution in [0.25, 0.3) is 11.8 Å². The number of carbonyl (C=O) groups excluding carboxylic acids is 1. The standard InChI is InChI=1S/C26H28FN5OS/c1-16-14-19(17(2)31(16)21-11-9-20(27)10-12-21)15-22-24(28)32-26(29-25(22)33)34-23(30-32)13-8-18-6-4-3-5-7-18/h9-12,14-15,18,28H,3-8,13H2,1-2H3/b22-15-,28-24?. The van der Waals surface area contributed by atoms with Gasteiger partial charge in [0, 0.05) is 17.1 Å². The van der Waals surface area contributed by atoms with Gasteiger partial charge in [-0.05, 0) is 86.3 Å². The van der Waals surface area contributed by atoms with Gasteiger partial charge in [0.05, 0.1) is 5.57 Å². The van der Waals surface area contributed by atoms with Gasteiger partial charge < -0.3 is 4.57 Å². The number of nitrogens with one attached hydrogen (secondary N) is 1. The molecule has 0 unspecified atom stereocenters. The maximum atomic E-state index is 13.4. The van der Waals surface area contributed by atoms with Gasteiger partial charge in [-0.2, -0.15) is 15.1 Å². The summed E-state index contributed by atoms with van der Waals surface area (Å²) < 4.78 is 15.4. The summed E-state index contributed by atoms with van der Waals surface area (Å²) in [6.45, 7) is 3.91. The highest BCUT2D eigenvalue weighted by Crippen LogP contribution is 2.33. The highest BCUT2D eigenvalue weighted by molar-refractivity contribution is 8.26. The number of hydrogen-bond donors (Lipinski definition) is 1. The monoisotopic (exact) mass is 477 g/mol. The second-order valence-electron chi connectivity index (χ2n) is 9.19. The first-order valence-corrected chi connectivity index (χ1v) is 12.7. The van der Waals surface area contributed by atoms with Crippen LogP contribution in [0.2, 0.25) is 0 Å². The molecule has 176 valence electrons. The van der Waals surface area contributed by atoms with Gasteiger partial charge in [0.25, 0.3) is 5.91 Å². The number of rotatable bonds is 5. The topological polar surface area (TPSA) is 73.8 Å². The van der Waals surface area contributed by atoms with E-state index in [0.717, 1.165) is 46.4 Å². The number of amides is 1. The fourth-order valence-electron chi connectivity index (χ4n) is 5.01. The lowest BCUT2D eigenvalue weighted by molar-refractivity contribution is -0.114. The van der Waals surface area contributed by atoms with Crippen molar-refractivity contribution in [1.29, 1.82) is 5.41 Å². The summed E-state index contributed by atoms with van der Waals surface area (Å²) in [5.41, 5.74) is 3.74. The number of halogens is 1. The predicted octanol–water partition coefficient (Wildman–Crippen LogP) is 6.21. The molecule has 5 rings (SSSR count). The van der Waals surface area contributed by atoms with Crippen molar-refractivity contribution in [2.75, 3.05) is 0 Å². The Morgan fingerprint density at radius 1 is 1.18 bits per heavy atom. The Bertz CT molecular complexity index is 1230. The molecule has 8 heteroatoms. The van der Waals surface area contributed by atoms with Crippen LogP contribution in [0.1, 0.15) is 61.9 Å². The van der Waals surface area contributed by atoms with Gasteiger partial charge in [0.15, 0.2) is 5.84 Å². The SMILES string of the molecule is Cc1cc(/C=C2/C(=N)N3N=C(CCC4CCCCC4)SC3=NC2=O)c(C)n1-c1ccc(F)cc1. The number of thioether (sulfide) groups is 1. The predicted molar refractivity (Wildman–Crippen MR) is 136 cm³/mol. The summed E-state index contributed by atoms with van der Waals surface area (Å²) in [7, 11) is 0. The molecule has 2 aliphatic heterocycles. The maximum absolute atomic E-state index is 13.4. The number of aryl methyl sites for hydroxylation is 1. The minimum absolute atomic E-state index is 0.0572. The lowest BCUT2D eigenvalue weighted by Crippen LogP contribution is -2.35. The van der Waals surface area contributed by atoms with E-state index in [-0.39, 0.29) is 17.2 Å². The first kappa shape index (κ1) is 22.8. The van der Waals surface area contributed by atoms with E-state index < -0.39 is 5.91 Å². The summed E-state index contributed by atoms with van der Waals surface area (Å²) in [4.78, 5) is 17.1. The number of nitrogens with zero attached hydrogens (tertiary/aromatic N) is 4. The highest BCUT2D eigenvalue weighted by Gasteiger charge is 2.35. The van der Waals surface area contributed by atoms with E-state index in [1.165, 1.54) is 61.0 Å². The summed E-state index contributed by atoms with van der Waals surface area (Å²) in [5, 5.41) is 16.2. The van der Waals surface area contributed by atoms with E-state index in [0.29, 0.717) is 5.17 Å². The fourth-order valence-corrected chi connectivity index (χ4v) is 5.91. The zero-order valence-corrected chi connectivity index (χ0v) is 20.3. The van der Waals surface area contributed by atoms with E-state index in [2.05, 4.69) is 10.1 Å². The van der Waals surface area contributed by atoms with Gasteiger partial charge in [-0.15, -0.1) is 0 Å². The number of benzene rings is 1. The quantitative estimate of drug-likeness (QED) is 0.520. The molecule has 1 aliphatic carbocycles. The second-order valence-corrected chi connectivity index (χ2v) is 10.2. The Balaban J connectivity index is 1.37. The first-order valence-electron chi connectivity index (χ1n) is 11.8. The van der Waals surface area contributed by atoms with Crippen LogP contribution in [0.4, 0.5) is 4.39 Å². The average molecular weight is 478 g/mol. The second kappa shape index (κ2) is 9.33. The molecule has 3 aliphatic rings. The van der Waals surface area contributed by atoms with Gasteiger partial charge in [-0.3, -0.25) is 10.2 Å². The highest BCUT2D eigenvalue weighted by atomic mass is 32.2. The zero-order chi connectivity index (χ0) is 23.8. The summed E-state index contributed by atoms with van der Waals surface area (Å²) in [6, 6.07) is 8.27. The Kier molecular flexibility index (Phi) is 6.25. The molecule has 0 radical (unpaired) electrons. The largest absolute Gasteiger partial charge is 0.318 e. The molecule has 6 nitrogen and oxygen atoms in total. The molecule has 0 spiro atoms. The van der Waals surface area contributed by atoms with E-state index in [1.807, 2.05) is 24.5 Å². The van der Waals surface area contributed by atoms with E-state index >= 15 is 0 Å². The molecular weight excluding hydrogens is 449 g/mol. The van der Waals surface area contributed by atoms with Crippen molar-refractivity contribution < 1.29 is 9.18 Å². The molecule has 1 N–H and O–H groups in total. The number of fused-ring (bicyclic) bond motifs is 1. The lowest BCUT2D eigenvalue weighted by atomic mass is 9.86. The van der Waals surface area contributed by atoms with Crippen LogP contribution in [-0.2, 0) is 4.79 Å². The molecule has 0 saturated heterocycles. The van der Waals surface area contributed by atoms with Gasteiger partial charge in [-0.25, -0.2) is 4.39 Å². The Morgan fingerprint density at radius 3 is 2.65 bits per heavy atom. The average Bonchev–Trinajstić information content (AvgIpc) is 3.36. The third kappa shape index (κ3) is 4.39. The molecule has 1 amide bonds. The smallest absolute Gasteiger partial charge is 0.283 e. The van der Waals surface area contributed by atoms with Gasteiger partial charge in [0.2, 0.25) is 5.17 Å². The molecule has 1 saturated carbocycles. The van der Waals surface area contributed by atoms with Crippen molar-refractivity contribution in [3.8, 4) is 5.69 Å². The van der Waals surface area contributed by atoms with Crippen molar-refractivity contribution in [1.82, 2.24) is 9.58 Å². The number of hydrogen-bond acceptors (Lipinski definition) is 4. The lowest BCUT2D eigenvalue weighted by Gasteiger charge is -2.20. The molecule has 0 atom stereocenters. The van der Waals surface area contributed by atoms with Crippen LogP contribution >= 0.6 is 11.8 Å². The number of carbonyl (C=O) groups is 1. The Labute approximate surface area is 203 Å². The molecule has 3 heterocycles. The van der Waals surface area contributed by atoms with E-state index in [1.54, 1.807) is 18.2 Å². The zero-order valence-electron chi connectivity index (χ0n) is 19.5. The number of hydrazone groups is 1. The van der Waals surface area contributed by atoms with Crippen LogP contribution in [0, 0.1) is 31.0 Å². The van der Waals surface area contributed by atoms with Crippen molar-refractivity contribution in [3.63, 3.8) is 0 Å². The van der Waals surface area contributed by atoms with Crippen molar-refractivity contribution >= 4 is 39.8 Å². The summed E-state index contributed by atoms with van der Waals surface area (Å²) in [5.74, 6) is 0.107. The third-order valence-corrected chi connectivity index (χ3v) is 7.81.